The Balaban J connectivity index is 2.02. The zero-order valence-electron chi connectivity index (χ0n) is 11.4. The minimum atomic E-state index is 0.185. The maximum absolute atomic E-state index is 12.6. The van der Waals surface area contributed by atoms with E-state index in [-0.39, 0.29) is 6.04 Å². The molecule has 0 aromatic heterocycles. The van der Waals surface area contributed by atoms with Crippen LogP contribution in [0.2, 0.25) is 0 Å². The molecule has 1 aliphatic carbocycles. The van der Waals surface area contributed by atoms with E-state index in [4.69, 9.17) is 0 Å². The third-order valence-electron chi connectivity index (χ3n) is 4.96. The van der Waals surface area contributed by atoms with Gasteiger partial charge in [-0.15, -0.1) is 0 Å². The lowest BCUT2D eigenvalue weighted by atomic mass is 9.69. The normalized spacial score (nSPS) is 35.8. The van der Waals surface area contributed by atoms with Crippen molar-refractivity contribution in [3.8, 4) is 0 Å². The minimum absolute atomic E-state index is 0.185. The van der Waals surface area contributed by atoms with Crippen molar-refractivity contribution < 1.29 is 4.79 Å². The van der Waals surface area contributed by atoms with Crippen LogP contribution in [0.3, 0.4) is 0 Å². The molecule has 0 radical (unpaired) electrons. The molecular weight excluding hydrogens is 210 g/mol. The third-order valence-corrected chi connectivity index (χ3v) is 4.96. The van der Waals surface area contributed by atoms with Gasteiger partial charge >= 0.3 is 0 Å². The van der Waals surface area contributed by atoms with Crippen molar-refractivity contribution >= 4 is 5.78 Å². The van der Waals surface area contributed by atoms with Crippen molar-refractivity contribution in [3.63, 3.8) is 0 Å². The van der Waals surface area contributed by atoms with Crippen molar-refractivity contribution in [2.75, 3.05) is 6.54 Å². The number of ketones is 1. The molecule has 1 saturated heterocycles. The molecule has 1 N–H and O–H groups in total. The van der Waals surface area contributed by atoms with Gasteiger partial charge in [0.25, 0.3) is 0 Å². The summed E-state index contributed by atoms with van der Waals surface area (Å²) in [6.45, 7) is 5.63. The van der Waals surface area contributed by atoms with E-state index in [1.54, 1.807) is 0 Å². The molecule has 1 saturated carbocycles. The molecule has 0 aromatic rings. The molecule has 2 nitrogen and oxygen atoms in total. The molecule has 2 aliphatic rings. The number of carbonyl (C=O) groups is 1. The van der Waals surface area contributed by atoms with Crippen LogP contribution in [0.5, 0.6) is 0 Å². The van der Waals surface area contributed by atoms with E-state index in [9.17, 15) is 4.79 Å². The highest BCUT2D eigenvalue weighted by molar-refractivity contribution is 5.87. The van der Waals surface area contributed by atoms with E-state index in [0.29, 0.717) is 23.5 Å². The lowest BCUT2D eigenvalue weighted by molar-refractivity contribution is -0.128. The molecule has 2 fully saturated rings. The van der Waals surface area contributed by atoms with E-state index in [1.165, 1.54) is 32.1 Å². The zero-order valence-corrected chi connectivity index (χ0v) is 11.4. The number of hydrogen-bond donors (Lipinski definition) is 1. The number of Topliss-reactive ketones (excluding diaryl/α,β-unsaturated/α-hetero) is 1. The summed E-state index contributed by atoms with van der Waals surface area (Å²) in [6, 6.07) is 0.185. The molecular formula is C15H27NO. The Hall–Kier alpha value is -0.370. The van der Waals surface area contributed by atoms with Gasteiger partial charge in [0.05, 0.1) is 6.04 Å². The van der Waals surface area contributed by atoms with Crippen LogP contribution < -0.4 is 5.32 Å². The molecule has 0 amide bonds. The largest absolute Gasteiger partial charge is 0.307 e. The van der Waals surface area contributed by atoms with Gasteiger partial charge in [-0.2, -0.15) is 0 Å². The first-order chi connectivity index (χ1) is 8.24. The third kappa shape index (κ3) is 2.90. The Kier molecular flexibility index (Phi) is 4.61. The van der Waals surface area contributed by atoms with Crippen LogP contribution in [0.4, 0.5) is 0 Å². The van der Waals surface area contributed by atoms with Crippen molar-refractivity contribution in [1.29, 1.82) is 0 Å². The summed E-state index contributed by atoms with van der Waals surface area (Å²) in [5.74, 6) is 2.26. The molecule has 98 valence electrons. The van der Waals surface area contributed by atoms with Gasteiger partial charge in [-0.1, -0.05) is 33.1 Å². The predicted molar refractivity (Wildman–Crippen MR) is 70.9 cm³/mol. The molecule has 2 rings (SSSR count). The monoisotopic (exact) mass is 237 g/mol. The molecule has 0 bridgehead atoms. The van der Waals surface area contributed by atoms with Crippen LogP contribution in [0.25, 0.3) is 0 Å². The fourth-order valence-corrected chi connectivity index (χ4v) is 3.68. The topological polar surface area (TPSA) is 29.1 Å². The number of nitrogens with one attached hydrogen (secondary N) is 1. The van der Waals surface area contributed by atoms with Gasteiger partial charge < -0.3 is 5.32 Å². The van der Waals surface area contributed by atoms with Gasteiger partial charge in [0, 0.05) is 5.92 Å². The van der Waals surface area contributed by atoms with E-state index < -0.39 is 0 Å². The van der Waals surface area contributed by atoms with Gasteiger partial charge in [0.15, 0.2) is 5.78 Å². The second kappa shape index (κ2) is 5.99. The smallest absolute Gasteiger partial charge is 0.153 e. The second-order valence-corrected chi connectivity index (χ2v) is 5.99. The molecule has 0 spiro atoms. The van der Waals surface area contributed by atoms with Crippen molar-refractivity contribution in [2.24, 2.45) is 17.8 Å². The highest BCUT2D eigenvalue weighted by Gasteiger charge is 2.37. The lowest BCUT2D eigenvalue weighted by Crippen LogP contribution is -2.41. The summed E-state index contributed by atoms with van der Waals surface area (Å²) in [5, 5.41) is 3.38. The average molecular weight is 237 g/mol. The molecule has 1 heterocycles. The summed E-state index contributed by atoms with van der Waals surface area (Å²) < 4.78 is 0. The standard InChI is InChI=1S/C15H27NO/c1-3-11(2)12-7-4-5-8-13(12)15(17)14-9-6-10-16-14/h11-14,16H,3-10H2,1-2H3/t11?,12?,13?,14-/m1/s1. The van der Waals surface area contributed by atoms with Crippen molar-refractivity contribution in [2.45, 2.75) is 64.8 Å². The fraction of sp³-hybridized carbons (Fsp3) is 0.933. The SMILES string of the molecule is CCC(C)C1CCCCC1C(=O)[C@H]1CCCN1. The van der Waals surface area contributed by atoms with E-state index in [2.05, 4.69) is 19.2 Å². The van der Waals surface area contributed by atoms with Crippen LogP contribution in [0.15, 0.2) is 0 Å². The summed E-state index contributed by atoms with van der Waals surface area (Å²) in [5.41, 5.74) is 0. The van der Waals surface area contributed by atoms with Crippen LogP contribution in [-0.4, -0.2) is 18.4 Å². The maximum Gasteiger partial charge on any atom is 0.153 e. The zero-order chi connectivity index (χ0) is 12.3. The molecule has 1 aliphatic heterocycles. The first kappa shape index (κ1) is 13.1. The number of rotatable bonds is 4. The fourth-order valence-electron chi connectivity index (χ4n) is 3.68. The van der Waals surface area contributed by atoms with Gasteiger partial charge in [0.2, 0.25) is 0 Å². The molecule has 3 unspecified atom stereocenters. The summed E-state index contributed by atoms with van der Waals surface area (Å²) in [4.78, 5) is 12.6. The van der Waals surface area contributed by atoms with E-state index in [1.807, 2.05) is 0 Å². The number of hydrogen-bond acceptors (Lipinski definition) is 2. The van der Waals surface area contributed by atoms with Crippen LogP contribution in [0, 0.1) is 17.8 Å². The Morgan fingerprint density at radius 2 is 2.00 bits per heavy atom. The van der Waals surface area contributed by atoms with Gasteiger partial charge in [-0.3, -0.25) is 4.79 Å². The Morgan fingerprint density at radius 1 is 1.24 bits per heavy atom. The summed E-state index contributed by atoms with van der Waals surface area (Å²) >= 11 is 0. The second-order valence-electron chi connectivity index (χ2n) is 5.99. The van der Waals surface area contributed by atoms with Crippen LogP contribution in [-0.2, 0) is 4.79 Å². The molecule has 0 aromatic carbocycles. The first-order valence-corrected chi connectivity index (χ1v) is 7.51. The quantitative estimate of drug-likeness (QED) is 0.813. The van der Waals surface area contributed by atoms with E-state index in [0.717, 1.165) is 19.4 Å². The van der Waals surface area contributed by atoms with Gasteiger partial charge in [-0.25, -0.2) is 0 Å². The Morgan fingerprint density at radius 3 is 2.65 bits per heavy atom. The van der Waals surface area contributed by atoms with Crippen LogP contribution >= 0.6 is 0 Å². The highest BCUT2D eigenvalue weighted by Crippen LogP contribution is 2.38. The molecule has 4 atom stereocenters. The van der Waals surface area contributed by atoms with Crippen LogP contribution in [0.1, 0.15) is 58.8 Å². The highest BCUT2D eigenvalue weighted by atomic mass is 16.1. The van der Waals surface area contributed by atoms with Gasteiger partial charge in [0.1, 0.15) is 0 Å². The summed E-state index contributed by atoms with van der Waals surface area (Å²) in [6.07, 6.45) is 8.48. The predicted octanol–water partition coefficient (Wildman–Crippen LogP) is 3.16. The molecule has 17 heavy (non-hydrogen) atoms. The first-order valence-electron chi connectivity index (χ1n) is 7.51. The maximum atomic E-state index is 12.6. The van der Waals surface area contributed by atoms with Gasteiger partial charge in [-0.05, 0) is 44.1 Å². The molecule has 2 heteroatoms. The minimum Gasteiger partial charge on any atom is -0.307 e. The Labute approximate surface area is 106 Å². The lowest BCUT2D eigenvalue weighted by Gasteiger charge is -2.35. The van der Waals surface area contributed by atoms with E-state index >= 15 is 0 Å². The van der Waals surface area contributed by atoms with Crippen molar-refractivity contribution in [1.82, 2.24) is 5.32 Å². The summed E-state index contributed by atoms with van der Waals surface area (Å²) in [7, 11) is 0. The average Bonchev–Trinajstić information content (AvgIpc) is 2.91. The van der Waals surface area contributed by atoms with Crippen molar-refractivity contribution in [3.05, 3.63) is 0 Å². The Bertz CT molecular complexity index is 258. The number of carbonyl (C=O) groups excluding carboxylic acids is 1.